The van der Waals surface area contributed by atoms with Crippen molar-refractivity contribution in [1.82, 2.24) is 9.88 Å². The van der Waals surface area contributed by atoms with Gasteiger partial charge in [0.25, 0.3) is 0 Å². The van der Waals surface area contributed by atoms with Crippen LogP contribution in [0.15, 0.2) is 42.6 Å². The maximum absolute atomic E-state index is 12.8. The first-order chi connectivity index (χ1) is 10.6. The van der Waals surface area contributed by atoms with Gasteiger partial charge in [-0.2, -0.15) is 0 Å². The number of hydrogen-bond acceptors (Lipinski definition) is 3. The largest absolute Gasteiger partial charge is 0.471 e. The Kier molecular flexibility index (Phi) is 4.24. The van der Waals surface area contributed by atoms with Crippen molar-refractivity contribution in [2.75, 3.05) is 13.1 Å². The van der Waals surface area contributed by atoms with Gasteiger partial charge in [-0.1, -0.05) is 23.7 Å². The molecule has 4 nitrogen and oxygen atoms in total. The fraction of sp³-hybridized carbons (Fsp3) is 0.250. The number of amides is 1. The third-order valence-electron chi connectivity index (χ3n) is 3.46. The predicted molar refractivity (Wildman–Crippen MR) is 80.3 cm³/mol. The molecule has 1 aromatic carbocycles. The van der Waals surface area contributed by atoms with Crippen molar-refractivity contribution < 1.29 is 13.9 Å². The first kappa shape index (κ1) is 14.8. The van der Waals surface area contributed by atoms with Gasteiger partial charge in [0.15, 0.2) is 0 Å². The fourth-order valence-electron chi connectivity index (χ4n) is 2.21. The van der Waals surface area contributed by atoms with Crippen molar-refractivity contribution in [2.45, 2.75) is 12.5 Å². The summed E-state index contributed by atoms with van der Waals surface area (Å²) in [7, 11) is 0. The third kappa shape index (κ3) is 3.54. The Morgan fingerprint density at radius 2 is 2.00 bits per heavy atom. The van der Waals surface area contributed by atoms with Crippen LogP contribution >= 0.6 is 11.6 Å². The van der Waals surface area contributed by atoms with E-state index in [2.05, 4.69) is 4.98 Å². The standard InChI is InChI=1S/C16H14ClFN2O2/c17-12-3-6-15(19-8-12)22-14-9-20(10-14)16(21)7-11-1-4-13(18)5-2-11/h1-6,8,14H,7,9-10H2. The molecule has 2 heterocycles. The summed E-state index contributed by atoms with van der Waals surface area (Å²) in [5, 5.41) is 0.553. The van der Waals surface area contributed by atoms with Crippen LogP contribution in [0.25, 0.3) is 0 Å². The number of halogens is 2. The third-order valence-corrected chi connectivity index (χ3v) is 3.68. The maximum atomic E-state index is 12.8. The van der Waals surface area contributed by atoms with Crippen molar-refractivity contribution in [1.29, 1.82) is 0 Å². The minimum absolute atomic E-state index is 0.00974. The molecular formula is C16H14ClFN2O2. The second-order valence-corrected chi connectivity index (χ2v) is 5.59. The Hall–Kier alpha value is -2.14. The minimum atomic E-state index is -0.302. The van der Waals surface area contributed by atoms with Gasteiger partial charge >= 0.3 is 0 Å². The number of nitrogens with zero attached hydrogens (tertiary/aromatic N) is 2. The van der Waals surface area contributed by atoms with Crippen LogP contribution in [-0.2, 0) is 11.2 Å². The zero-order valence-electron chi connectivity index (χ0n) is 11.7. The van der Waals surface area contributed by atoms with E-state index in [4.69, 9.17) is 16.3 Å². The van der Waals surface area contributed by atoms with Crippen molar-refractivity contribution in [3.05, 3.63) is 59.0 Å². The number of pyridine rings is 1. The highest BCUT2D eigenvalue weighted by molar-refractivity contribution is 6.30. The quantitative estimate of drug-likeness (QED) is 0.870. The number of carbonyl (C=O) groups is 1. The Balaban J connectivity index is 1.47. The predicted octanol–water partition coefficient (Wildman–Crippen LogP) is 2.71. The lowest BCUT2D eigenvalue weighted by atomic mass is 10.1. The van der Waals surface area contributed by atoms with Gasteiger partial charge in [-0.05, 0) is 23.8 Å². The molecule has 0 spiro atoms. The van der Waals surface area contributed by atoms with Crippen LogP contribution < -0.4 is 4.74 Å². The van der Waals surface area contributed by atoms with Crippen LogP contribution in [0, 0.1) is 5.82 Å². The second-order valence-electron chi connectivity index (χ2n) is 5.16. The Labute approximate surface area is 132 Å². The smallest absolute Gasteiger partial charge is 0.227 e. The van der Waals surface area contributed by atoms with Gasteiger partial charge in [-0.3, -0.25) is 4.79 Å². The van der Waals surface area contributed by atoms with Crippen molar-refractivity contribution >= 4 is 17.5 Å². The summed E-state index contributed by atoms with van der Waals surface area (Å²) in [5.41, 5.74) is 0.801. The van der Waals surface area contributed by atoms with E-state index in [0.29, 0.717) is 24.0 Å². The van der Waals surface area contributed by atoms with Crippen LogP contribution in [0.3, 0.4) is 0 Å². The summed E-state index contributed by atoms with van der Waals surface area (Å²) in [5.74, 6) is 0.208. The number of rotatable bonds is 4. The van der Waals surface area contributed by atoms with E-state index in [-0.39, 0.29) is 24.2 Å². The molecule has 0 unspecified atom stereocenters. The summed E-state index contributed by atoms with van der Waals surface area (Å²) in [6, 6.07) is 9.37. The summed E-state index contributed by atoms with van der Waals surface area (Å²) >= 11 is 5.75. The molecule has 1 saturated heterocycles. The maximum Gasteiger partial charge on any atom is 0.227 e. The lowest BCUT2D eigenvalue weighted by molar-refractivity contribution is -0.139. The number of benzene rings is 1. The topological polar surface area (TPSA) is 42.4 Å². The zero-order valence-corrected chi connectivity index (χ0v) is 12.5. The normalized spacial score (nSPS) is 14.5. The van der Waals surface area contributed by atoms with Gasteiger partial charge in [0.1, 0.15) is 11.9 Å². The molecule has 3 rings (SSSR count). The molecular weight excluding hydrogens is 307 g/mol. The highest BCUT2D eigenvalue weighted by Crippen LogP contribution is 2.18. The Morgan fingerprint density at radius 3 is 2.64 bits per heavy atom. The fourth-order valence-corrected chi connectivity index (χ4v) is 2.32. The first-order valence-electron chi connectivity index (χ1n) is 6.90. The summed E-state index contributed by atoms with van der Waals surface area (Å²) in [6.45, 7) is 1.06. The van der Waals surface area contributed by atoms with Gasteiger partial charge in [-0.25, -0.2) is 9.37 Å². The monoisotopic (exact) mass is 320 g/mol. The van der Waals surface area contributed by atoms with E-state index in [9.17, 15) is 9.18 Å². The number of hydrogen-bond donors (Lipinski definition) is 0. The van der Waals surface area contributed by atoms with Crippen LogP contribution in [0.2, 0.25) is 5.02 Å². The molecule has 0 aliphatic carbocycles. The molecule has 114 valence electrons. The molecule has 2 aromatic rings. The Bertz CT molecular complexity index is 655. The molecule has 0 N–H and O–H groups in total. The molecule has 1 fully saturated rings. The molecule has 1 amide bonds. The van der Waals surface area contributed by atoms with Crippen LogP contribution in [0.4, 0.5) is 4.39 Å². The summed E-state index contributed by atoms with van der Waals surface area (Å²) in [6.07, 6.45) is 1.74. The molecule has 1 aromatic heterocycles. The summed E-state index contributed by atoms with van der Waals surface area (Å²) in [4.78, 5) is 17.8. The molecule has 0 radical (unpaired) electrons. The SMILES string of the molecule is O=C(Cc1ccc(F)cc1)N1CC(Oc2ccc(Cl)cn2)C1. The van der Waals surface area contributed by atoms with Crippen molar-refractivity contribution in [3.63, 3.8) is 0 Å². The van der Waals surface area contributed by atoms with E-state index >= 15 is 0 Å². The molecule has 1 aliphatic rings. The molecule has 0 atom stereocenters. The van der Waals surface area contributed by atoms with Gasteiger partial charge in [0, 0.05) is 12.3 Å². The highest BCUT2D eigenvalue weighted by atomic mass is 35.5. The molecule has 22 heavy (non-hydrogen) atoms. The molecule has 0 saturated carbocycles. The zero-order chi connectivity index (χ0) is 15.5. The second kappa shape index (κ2) is 6.32. The highest BCUT2D eigenvalue weighted by Gasteiger charge is 2.32. The lowest BCUT2D eigenvalue weighted by Gasteiger charge is -2.38. The van der Waals surface area contributed by atoms with E-state index in [0.717, 1.165) is 5.56 Å². The first-order valence-corrected chi connectivity index (χ1v) is 7.28. The number of aromatic nitrogens is 1. The molecule has 6 heteroatoms. The van der Waals surface area contributed by atoms with E-state index < -0.39 is 0 Å². The molecule has 1 aliphatic heterocycles. The van der Waals surface area contributed by atoms with E-state index in [1.54, 1.807) is 29.2 Å². The molecule has 0 bridgehead atoms. The van der Waals surface area contributed by atoms with Gasteiger partial charge in [-0.15, -0.1) is 0 Å². The lowest BCUT2D eigenvalue weighted by Crippen LogP contribution is -2.56. The Morgan fingerprint density at radius 1 is 1.27 bits per heavy atom. The average molecular weight is 321 g/mol. The van der Waals surface area contributed by atoms with Crippen molar-refractivity contribution in [3.8, 4) is 5.88 Å². The number of likely N-dealkylation sites (tertiary alicyclic amines) is 1. The van der Waals surface area contributed by atoms with E-state index in [1.807, 2.05) is 0 Å². The number of carbonyl (C=O) groups excluding carboxylic acids is 1. The average Bonchev–Trinajstić information content (AvgIpc) is 2.46. The van der Waals surface area contributed by atoms with Crippen LogP contribution in [0.5, 0.6) is 5.88 Å². The van der Waals surface area contributed by atoms with Gasteiger partial charge in [0.2, 0.25) is 11.8 Å². The van der Waals surface area contributed by atoms with Gasteiger partial charge in [0.05, 0.1) is 24.5 Å². The van der Waals surface area contributed by atoms with Crippen molar-refractivity contribution in [2.24, 2.45) is 0 Å². The van der Waals surface area contributed by atoms with Crippen LogP contribution in [-0.4, -0.2) is 35.0 Å². The van der Waals surface area contributed by atoms with Gasteiger partial charge < -0.3 is 9.64 Å². The van der Waals surface area contributed by atoms with Crippen LogP contribution in [0.1, 0.15) is 5.56 Å². The number of ether oxygens (including phenoxy) is 1. The summed E-state index contributed by atoms with van der Waals surface area (Å²) < 4.78 is 18.5. The minimum Gasteiger partial charge on any atom is -0.471 e. The van der Waals surface area contributed by atoms with E-state index in [1.165, 1.54) is 18.3 Å².